The Morgan fingerprint density at radius 1 is 0.947 bits per heavy atom. The van der Waals surface area contributed by atoms with Gasteiger partial charge in [0.05, 0.1) is 5.29 Å². The summed E-state index contributed by atoms with van der Waals surface area (Å²) in [4.78, 5) is 10.8. The summed E-state index contributed by atoms with van der Waals surface area (Å²) in [5.74, 6) is 0. The van der Waals surface area contributed by atoms with Gasteiger partial charge in [-0.05, 0) is 11.1 Å². The smallest absolute Gasteiger partial charge is 0.105 e. The molecule has 19 heavy (non-hydrogen) atoms. The molecule has 2 aromatic carbocycles. The van der Waals surface area contributed by atoms with Crippen LogP contribution in [-0.4, -0.2) is 17.2 Å². The molecule has 0 heterocycles. The van der Waals surface area contributed by atoms with Crippen molar-refractivity contribution in [2.24, 2.45) is 5.29 Å². The van der Waals surface area contributed by atoms with Crippen molar-refractivity contribution in [3.63, 3.8) is 0 Å². The van der Waals surface area contributed by atoms with Crippen molar-refractivity contribution in [2.75, 3.05) is 7.05 Å². The van der Waals surface area contributed by atoms with Crippen LogP contribution in [0.15, 0.2) is 65.9 Å². The van der Waals surface area contributed by atoms with Gasteiger partial charge in [-0.15, -0.1) is 4.91 Å². The normalized spacial score (nSPS) is 13.6. The maximum Gasteiger partial charge on any atom is 0.105 e. The first-order chi connectivity index (χ1) is 9.24. The number of aliphatic hydroxyl groups excluding tert-OH is 1. The lowest BCUT2D eigenvalue weighted by Gasteiger charge is -2.28. The van der Waals surface area contributed by atoms with Crippen molar-refractivity contribution >= 4 is 0 Å². The third kappa shape index (κ3) is 2.98. The van der Waals surface area contributed by atoms with Gasteiger partial charge in [-0.25, -0.2) is 0 Å². The Morgan fingerprint density at radius 3 is 1.89 bits per heavy atom. The number of aliphatic hydroxyl groups is 1. The number of likely N-dealkylation sites (N-methyl/N-ethyl adjacent to an activating group) is 1. The second-order valence-corrected chi connectivity index (χ2v) is 4.37. The van der Waals surface area contributed by atoms with Gasteiger partial charge in [0.15, 0.2) is 0 Å². The number of rotatable bonds is 5. The average molecular weight is 256 g/mol. The van der Waals surface area contributed by atoms with E-state index in [0.29, 0.717) is 0 Å². The Labute approximate surface area is 112 Å². The van der Waals surface area contributed by atoms with Gasteiger partial charge in [0.2, 0.25) is 0 Å². The van der Waals surface area contributed by atoms with Gasteiger partial charge in [0.25, 0.3) is 0 Å². The summed E-state index contributed by atoms with van der Waals surface area (Å²) in [7, 11) is 1.57. The highest BCUT2D eigenvalue weighted by Crippen LogP contribution is 2.33. The van der Waals surface area contributed by atoms with Crippen molar-refractivity contribution in [3.8, 4) is 0 Å². The van der Waals surface area contributed by atoms with Crippen molar-refractivity contribution in [1.82, 2.24) is 5.01 Å². The van der Waals surface area contributed by atoms with E-state index in [1.165, 1.54) is 5.01 Å². The molecule has 0 aliphatic carbocycles. The average Bonchev–Trinajstić information content (AvgIpc) is 2.49. The molecular weight excluding hydrogens is 240 g/mol. The number of hydrogen-bond donors (Lipinski definition) is 1. The van der Waals surface area contributed by atoms with E-state index in [0.717, 1.165) is 11.1 Å². The van der Waals surface area contributed by atoms with Crippen LogP contribution in [0.25, 0.3) is 0 Å². The van der Waals surface area contributed by atoms with E-state index in [1.54, 1.807) is 7.05 Å². The number of hydrogen-bond acceptors (Lipinski definition) is 3. The van der Waals surface area contributed by atoms with Crippen LogP contribution in [0.4, 0.5) is 0 Å². The molecule has 0 saturated carbocycles. The van der Waals surface area contributed by atoms with E-state index in [1.807, 2.05) is 60.7 Å². The fourth-order valence-electron chi connectivity index (χ4n) is 2.14. The topological polar surface area (TPSA) is 52.9 Å². The van der Waals surface area contributed by atoms with Gasteiger partial charge >= 0.3 is 0 Å². The minimum absolute atomic E-state index is 0.499. The molecule has 4 nitrogen and oxygen atoms in total. The maximum atomic E-state index is 10.8. The largest absolute Gasteiger partial charge is 0.386 e. The number of nitrogens with zero attached hydrogens (tertiary/aromatic N) is 2. The summed E-state index contributed by atoms with van der Waals surface area (Å²) in [5.41, 5.74) is 1.60. The van der Waals surface area contributed by atoms with Crippen molar-refractivity contribution in [3.05, 3.63) is 76.7 Å². The zero-order chi connectivity index (χ0) is 13.7. The molecule has 0 aromatic heterocycles. The van der Waals surface area contributed by atoms with Crippen LogP contribution in [0.3, 0.4) is 0 Å². The first kappa shape index (κ1) is 13.2. The Kier molecular flexibility index (Phi) is 4.26. The van der Waals surface area contributed by atoms with Crippen molar-refractivity contribution < 1.29 is 5.11 Å². The quantitative estimate of drug-likeness (QED) is 0.660. The second kappa shape index (κ2) is 6.11. The van der Waals surface area contributed by atoms with Gasteiger partial charge in [-0.1, -0.05) is 60.7 Å². The molecule has 2 atom stereocenters. The fraction of sp³-hybridized carbons (Fsp3) is 0.200. The molecule has 0 radical (unpaired) electrons. The van der Waals surface area contributed by atoms with E-state index >= 15 is 0 Å². The van der Waals surface area contributed by atoms with Gasteiger partial charge < -0.3 is 5.11 Å². The van der Waals surface area contributed by atoms with E-state index in [4.69, 9.17) is 0 Å². The molecule has 2 rings (SSSR count). The third-order valence-electron chi connectivity index (χ3n) is 3.11. The van der Waals surface area contributed by atoms with Gasteiger partial charge in [-0.3, -0.25) is 5.01 Å². The molecule has 98 valence electrons. The van der Waals surface area contributed by atoms with Crippen LogP contribution in [0.2, 0.25) is 0 Å². The molecule has 0 bridgehead atoms. The minimum atomic E-state index is -0.814. The third-order valence-corrected chi connectivity index (χ3v) is 3.11. The SMILES string of the molecule is CN(N=O)[C@H](c1ccccc1)[C@@H](O)c1ccccc1. The summed E-state index contributed by atoms with van der Waals surface area (Å²) in [6.45, 7) is 0. The summed E-state index contributed by atoms with van der Waals surface area (Å²) < 4.78 is 0. The Hall–Kier alpha value is -2.20. The first-order valence-corrected chi connectivity index (χ1v) is 6.08. The summed E-state index contributed by atoms with van der Waals surface area (Å²) in [6, 6.07) is 18.1. The van der Waals surface area contributed by atoms with Gasteiger partial charge in [-0.2, -0.15) is 0 Å². The highest BCUT2D eigenvalue weighted by molar-refractivity contribution is 5.26. The lowest BCUT2D eigenvalue weighted by Crippen LogP contribution is -2.25. The standard InChI is InChI=1S/C15H16N2O2/c1-17(16-19)14(12-8-4-2-5-9-12)15(18)13-10-6-3-7-11-13/h2-11,14-15,18H,1H3/t14-,15+/m1/s1. The highest BCUT2D eigenvalue weighted by atomic mass is 16.3. The Bertz CT molecular complexity index is 516. The summed E-state index contributed by atoms with van der Waals surface area (Å²) >= 11 is 0. The van der Waals surface area contributed by atoms with E-state index in [-0.39, 0.29) is 0 Å². The van der Waals surface area contributed by atoms with E-state index in [9.17, 15) is 10.0 Å². The molecule has 0 saturated heterocycles. The van der Waals surface area contributed by atoms with Crippen LogP contribution in [-0.2, 0) is 0 Å². The molecule has 0 fully saturated rings. The van der Waals surface area contributed by atoms with Crippen LogP contribution in [0, 0.1) is 4.91 Å². The zero-order valence-electron chi connectivity index (χ0n) is 10.7. The monoisotopic (exact) mass is 256 g/mol. The van der Waals surface area contributed by atoms with Gasteiger partial charge in [0, 0.05) is 7.05 Å². The Balaban J connectivity index is 2.36. The molecule has 0 spiro atoms. The molecule has 4 heteroatoms. The predicted octanol–water partition coefficient (Wildman–Crippen LogP) is 3.07. The fourth-order valence-corrected chi connectivity index (χ4v) is 2.14. The van der Waals surface area contributed by atoms with Crippen LogP contribution >= 0.6 is 0 Å². The molecule has 0 amide bonds. The van der Waals surface area contributed by atoms with Crippen LogP contribution in [0.5, 0.6) is 0 Å². The second-order valence-electron chi connectivity index (χ2n) is 4.37. The lowest BCUT2D eigenvalue weighted by molar-refractivity contribution is 0.0625. The lowest BCUT2D eigenvalue weighted by atomic mass is 9.95. The Morgan fingerprint density at radius 2 is 1.42 bits per heavy atom. The van der Waals surface area contributed by atoms with E-state index in [2.05, 4.69) is 5.29 Å². The summed E-state index contributed by atoms with van der Waals surface area (Å²) in [6.07, 6.45) is -0.814. The first-order valence-electron chi connectivity index (χ1n) is 6.08. The molecule has 0 aliphatic heterocycles. The molecule has 0 unspecified atom stereocenters. The summed E-state index contributed by atoms with van der Waals surface area (Å²) in [5, 5.41) is 14.7. The minimum Gasteiger partial charge on any atom is -0.386 e. The van der Waals surface area contributed by atoms with Crippen molar-refractivity contribution in [2.45, 2.75) is 12.1 Å². The highest BCUT2D eigenvalue weighted by Gasteiger charge is 2.26. The van der Waals surface area contributed by atoms with Gasteiger partial charge in [0.1, 0.15) is 12.1 Å². The van der Waals surface area contributed by atoms with Crippen molar-refractivity contribution in [1.29, 1.82) is 0 Å². The van der Waals surface area contributed by atoms with E-state index < -0.39 is 12.1 Å². The zero-order valence-corrected chi connectivity index (χ0v) is 10.7. The predicted molar refractivity (Wildman–Crippen MR) is 74.1 cm³/mol. The molecule has 1 N–H and O–H groups in total. The van der Waals surface area contributed by atoms with Crippen LogP contribution < -0.4 is 0 Å². The molecule has 2 aromatic rings. The number of benzene rings is 2. The molecular formula is C15H16N2O2. The molecule has 0 aliphatic rings. The van der Waals surface area contributed by atoms with Crippen LogP contribution in [0.1, 0.15) is 23.3 Å². The maximum absolute atomic E-state index is 10.8. The number of nitroso groups, excluding NO2 is 1.